The number of rotatable bonds is 0. The Kier molecular flexibility index (Phi) is 4.39. The zero-order valence-electron chi connectivity index (χ0n) is 12.8. The van der Waals surface area contributed by atoms with Gasteiger partial charge in [-0.3, -0.25) is 0 Å². The smallest absolute Gasteiger partial charge is 0.206 e. The summed E-state index contributed by atoms with van der Waals surface area (Å²) in [5.74, 6) is -0.384. The molecule has 2 aliphatic heterocycles. The third kappa shape index (κ3) is 3.66. The highest BCUT2D eigenvalue weighted by Crippen LogP contribution is 2.41. The summed E-state index contributed by atoms with van der Waals surface area (Å²) in [5, 5.41) is 19.9. The second-order valence-corrected chi connectivity index (χ2v) is 7.01. The molecule has 4 aliphatic rings. The van der Waals surface area contributed by atoms with Gasteiger partial charge >= 0.3 is 0 Å². The minimum Gasteiger partial charge on any atom is -0.393 e. The monoisotopic (exact) mass is 298 g/mol. The molecule has 2 heterocycles. The molecule has 3 unspecified atom stereocenters. The maximum atomic E-state index is 9.97. The summed E-state index contributed by atoms with van der Waals surface area (Å²) in [4.78, 5) is 11.1. The van der Waals surface area contributed by atoms with Gasteiger partial charge < -0.3 is 14.9 Å². The van der Waals surface area contributed by atoms with Crippen molar-refractivity contribution in [3.8, 4) is 0 Å². The minimum absolute atomic E-state index is 0.0195. The van der Waals surface area contributed by atoms with E-state index in [9.17, 15) is 10.2 Å². The molecule has 0 aromatic carbocycles. The summed E-state index contributed by atoms with van der Waals surface area (Å²) >= 11 is 0. The zero-order valence-corrected chi connectivity index (χ0v) is 12.8. The topological polar surface area (TPSA) is 68.2 Å². The Bertz CT molecular complexity index is 389. The number of hydrogen-bond donors (Lipinski definition) is 2. The Labute approximate surface area is 125 Å². The van der Waals surface area contributed by atoms with E-state index in [1.807, 2.05) is 13.8 Å². The molecule has 0 radical (unpaired) electrons. The Balaban J connectivity index is 1.77. The Morgan fingerprint density at radius 3 is 2.43 bits per heavy atom. The quantitative estimate of drug-likeness (QED) is 0.529. The van der Waals surface area contributed by atoms with Crippen molar-refractivity contribution in [2.75, 3.05) is 0 Å². The van der Waals surface area contributed by atoms with Crippen molar-refractivity contribution in [1.29, 1.82) is 0 Å². The Morgan fingerprint density at radius 1 is 1.10 bits per heavy atom. The first-order chi connectivity index (χ1) is 9.94. The summed E-state index contributed by atoms with van der Waals surface area (Å²) in [7, 11) is 0. The fourth-order valence-electron chi connectivity index (χ4n) is 3.86. The first-order valence-corrected chi connectivity index (χ1v) is 8.02. The van der Waals surface area contributed by atoms with E-state index < -0.39 is 18.0 Å². The lowest BCUT2D eigenvalue weighted by Crippen LogP contribution is -2.49. The largest absolute Gasteiger partial charge is 0.393 e. The highest BCUT2D eigenvalue weighted by molar-refractivity contribution is 5.15. The number of ether oxygens (including phenoxy) is 1. The first-order valence-electron chi connectivity index (χ1n) is 8.02. The van der Waals surface area contributed by atoms with E-state index in [2.05, 4.69) is 6.08 Å². The summed E-state index contributed by atoms with van der Waals surface area (Å²) in [5.41, 5.74) is 1.42. The Hall–Kier alpha value is -0.460. The average Bonchev–Trinajstić information content (AvgIpc) is 2.34. The lowest BCUT2D eigenvalue weighted by molar-refractivity contribution is -0.457. The van der Waals surface area contributed by atoms with Crippen molar-refractivity contribution in [2.24, 2.45) is 5.92 Å². The van der Waals surface area contributed by atoms with Gasteiger partial charge in [0.15, 0.2) is 0 Å². The van der Waals surface area contributed by atoms with Crippen LogP contribution in [0, 0.1) is 5.92 Å². The van der Waals surface area contributed by atoms with Crippen LogP contribution >= 0.6 is 0 Å². The minimum atomic E-state index is -1.04. The van der Waals surface area contributed by atoms with Gasteiger partial charge in [-0.25, -0.2) is 9.78 Å². The van der Waals surface area contributed by atoms with Gasteiger partial charge in [-0.2, -0.15) is 0 Å². The van der Waals surface area contributed by atoms with Crippen molar-refractivity contribution in [3.05, 3.63) is 11.6 Å². The van der Waals surface area contributed by atoms with Gasteiger partial charge in [0.2, 0.25) is 5.79 Å². The molecule has 0 aromatic heterocycles. The zero-order chi connectivity index (χ0) is 15.0. The molecular weight excluding hydrogens is 272 g/mol. The predicted octanol–water partition coefficient (Wildman–Crippen LogP) is 2.07. The maximum Gasteiger partial charge on any atom is 0.206 e. The summed E-state index contributed by atoms with van der Waals surface area (Å²) in [6.07, 6.45) is 4.96. The summed E-state index contributed by atoms with van der Waals surface area (Å²) < 4.78 is 6.10. The number of aliphatic hydroxyl groups is 2. The second kappa shape index (κ2) is 5.97. The standard InChI is InChI=1S/C16H26O5/c1-10-3-12-5-13(6-12)4-11(2)20-21-16(19-10)8-14(17)7-15(18)9-16/h4,10-12,14-15,17-18H,3,5-9H2,1-2H3/t10?,11?,12?,14-,15+,16?. The van der Waals surface area contributed by atoms with Gasteiger partial charge in [0.1, 0.15) is 6.10 Å². The van der Waals surface area contributed by atoms with Crippen molar-refractivity contribution in [2.45, 2.75) is 82.6 Å². The molecule has 0 aromatic rings. The fraction of sp³-hybridized carbons (Fsp3) is 0.875. The molecule has 2 saturated carbocycles. The highest BCUT2D eigenvalue weighted by Gasteiger charge is 2.45. The SMILES string of the molecule is CC1C=C2CC(C2)CC(C)OC2(C[C@H](O)C[C@H](O)C2)OO1. The van der Waals surface area contributed by atoms with Gasteiger partial charge in [0, 0.05) is 12.8 Å². The van der Waals surface area contributed by atoms with E-state index in [0.717, 1.165) is 19.3 Å². The predicted molar refractivity (Wildman–Crippen MR) is 76.2 cm³/mol. The van der Waals surface area contributed by atoms with Crippen molar-refractivity contribution < 1.29 is 24.7 Å². The molecule has 0 saturated heterocycles. The summed E-state index contributed by atoms with van der Waals surface area (Å²) in [6, 6.07) is 0. The van der Waals surface area contributed by atoms with Crippen molar-refractivity contribution in [3.63, 3.8) is 0 Å². The van der Waals surface area contributed by atoms with E-state index in [1.54, 1.807) is 0 Å². The first kappa shape index (κ1) is 15.4. The molecule has 0 amide bonds. The van der Waals surface area contributed by atoms with E-state index in [0.29, 0.717) is 25.2 Å². The number of hydrogen-bond acceptors (Lipinski definition) is 5. The van der Waals surface area contributed by atoms with Crippen LogP contribution in [0.25, 0.3) is 0 Å². The lowest BCUT2D eigenvalue weighted by atomic mass is 9.76. The maximum absolute atomic E-state index is 9.97. The van der Waals surface area contributed by atoms with Gasteiger partial charge in [-0.05, 0) is 45.4 Å². The Morgan fingerprint density at radius 2 is 1.76 bits per heavy atom. The van der Waals surface area contributed by atoms with E-state index in [4.69, 9.17) is 14.5 Å². The van der Waals surface area contributed by atoms with Crippen molar-refractivity contribution in [1.82, 2.24) is 0 Å². The third-order valence-electron chi connectivity index (χ3n) is 4.64. The van der Waals surface area contributed by atoms with Crippen LogP contribution < -0.4 is 0 Å². The van der Waals surface area contributed by atoms with Crippen LogP contribution in [-0.4, -0.2) is 40.4 Å². The number of allylic oxidation sites excluding steroid dienone is 1. The van der Waals surface area contributed by atoms with Crippen LogP contribution in [0.2, 0.25) is 0 Å². The number of fused-ring (bicyclic) bond motifs is 5. The molecule has 120 valence electrons. The molecule has 21 heavy (non-hydrogen) atoms. The van der Waals surface area contributed by atoms with E-state index in [1.165, 1.54) is 5.57 Å². The molecule has 2 bridgehead atoms. The molecule has 5 atom stereocenters. The van der Waals surface area contributed by atoms with Crippen LogP contribution in [0.15, 0.2) is 11.6 Å². The molecular formula is C16H26O5. The molecule has 5 heteroatoms. The average molecular weight is 298 g/mol. The van der Waals surface area contributed by atoms with Crippen LogP contribution in [0.5, 0.6) is 0 Å². The molecule has 2 N–H and O–H groups in total. The molecule has 2 aliphatic carbocycles. The molecule has 4 rings (SSSR count). The summed E-state index contributed by atoms with van der Waals surface area (Å²) in [6.45, 7) is 3.96. The van der Waals surface area contributed by atoms with E-state index >= 15 is 0 Å². The second-order valence-electron chi connectivity index (χ2n) is 7.01. The van der Waals surface area contributed by atoms with Gasteiger partial charge in [-0.1, -0.05) is 11.6 Å². The third-order valence-corrected chi connectivity index (χ3v) is 4.64. The van der Waals surface area contributed by atoms with Crippen molar-refractivity contribution >= 4 is 0 Å². The van der Waals surface area contributed by atoms with Crippen LogP contribution in [0.4, 0.5) is 0 Å². The lowest BCUT2D eigenvalue weighted by Gasteiger charge is -2.41. The molecule has 2 fully saturated rings. The molecule has 5 nitrogen and oxygen atoms in total. The molecule has 1 spiro atoms. The van der Waals surface area contributed by atoms with Gasteiger partial charge in [0.05, 0.1) is 18.3 Å². The normalized spacial score (nSPS) is 48.2. The van der Waals surface area contributed by atoms with Crippen LogP contribution in [0.3, 0.4) is 0 Å². The van der Waals surface area contributed by atoms with E-state index in [-0.39, 0.29) is 12.2 Å². The fourth-order valence-corrected chi connectivity index (χ4v) is 3.86. The van der Waals surface area contributed by atoms with Gasteiger partial charge in [-0.15, -0.1) is 0 Å². The van der Waals surface area contributed by atoms with Crippen LogP contribution in [0.1, 0.15) is 52.4 Å². The van der Waals surface area contributed by atoms with Gasteiger partial charge in [0.25, 0.3) is 0 Å². The highest BCUT2D eigenvalue weighted by atomic mass is 17.2. The number of aliphatic hydroxyl groups excluding tert-OH is 2. The van der Waals surface area contributed by atoms with Crippen LogP contribution in [-0.2, 0) is 14.5 Å².